The molecular formula is C21H26NO2P. The highest BCUT2D eigenvalue weighted by Gasteiger charge is 2.49. The average molecular weight is 355 g/mol. The third-order valence-electron chi connectivity index (χ3n) is 4.80. The van der Waals surface area contributed by atoms with Gasteiger partial charge in [0.2, 0.25) is 5.91 Å². The molecule has 1 unspecified atom stereocenters. The van der Waals surface area contributed by atoms with Crippen LogP contribution in [0.1, 0.15) is 33.6 Å². The first-order valence-corrected chi connectivity index (χ1v) is 10.6. The molecule has 1 aliphatic heterocycles. The fourth-order valence-electron chi connectivity index (χ4n) is 3.87. The quantitative estimate of drug-likeness (QED) is 0.778. The van der Waals surface area contributed by atoms with Crippen LogP contribution in [-0.4, -0.2) is 23.1 Å². The van der Waals surface area contributed by atoms with Crippen molar-refractivity contribution in [1.82, 2.24) is 4.90 Å². The largest absolute Gasteiger partial charge is 0.332 e. The van der Waals surface area contributed by atoms with Crippen LogP contribution >= 0.6 is 7.14 Å². The molecule has 2 aromatic rings. The number of carbonyl (C=O) groups excluding carboxylic acids is 1. The van der Waals surface area contributed by atoms with Gasteiger partial charge in [-0.25, -0.2) is 0 Å². The zero-order valence-electron chi connectivity index (χ0n) is 15.2. The molecule has 1 fully saturated rings. The Kier molecular flexibility index (Phi) is 4.88. The number of likely N-dealkylation sites (tertiary alicyclic amines) is 1. The number of benzene rings is 2. The van der Waals surface area contributed by atoms with Gasteiger partial charge >= 0.3 is 0 Å². The maximum absolute atomic E-state index is 14.7. The van der Waals surface area contributed by atoms with Gasteiger partial charge in [0, 0.05) is 23.6 Å². The summed E-state index contributed by atoms with van der Waals surface area (Å²) in [7, 11) is -3.04. The van der Waals surface area contributed by atoms with Crippen LogP contribution in [0.15, 0.2) is 60.7 Å². The van der Waals surface area contributed by atoms with Gasteiger partial charge in [-0.05, 0) is 11.8 Å². The lowest BCUT2D eigenvalue weighted by atomic mass is 9.95. The van der Waals surface area contributed by atoms with Gasteiger partial charge in [0.05, 0.1) is 5.78 Å². The molecule has 132 valence electrons. The highest BCUT2D eigenvalue weighted by Crippen LogP contribution is 2.56. The Labute approximate surface area is 150 Å². The fourth-order valence-corrected chi connectivity index (χ4v) is 7.69. The van der Waals surface area contributed by atoms with E-state index in [9.17, 15) is 9.36 Å². The smallest absolute Gasteiger partial charge is 0.223 e. The van der Waals surface area contributed by atoms with Gasteiger partial charge in [-0.1, -0.05) is 81.4 Å². The zero-order valence-corrected chi connectivity index (χ0v) is 16.1. The van der Waals surface area contributed by atoms with E-state index in [1.165, 1.54) is 0 Å². The van der Waals surface area contributed by atoms with E-state index in [4.69, 9.17) is 0 Å². The van der Waals surface area contributed by atoms with E-state index in [2.05, 4.69) is 20.8 Å². The van der Waals surface area contributed by atoms with Gasteiger partial charge in [0.25, 0.3) is 0 Å². The van der Waals surface area contributed by atoms with Gasteiger partial charge in [0.15, 0.2) is 7.14 Å². The molecule has 1 heterocycles. The van der Waals surface area contributed by atoms with Crippen molar-refractivity contribution in [2.24, 2.45) is 5.41 Å². The number of rotatable bonds is 4. The average Bonchev–Trinajstić information content (AvgIpc) is 3.00. The van der Waals surface area contributed by atoms with Gasteiger partial charge in [-0.2, -0.15) is 0 Å². The Morgan fingerprint density at radius 2 is 1.40 bits per heavy atom. The minimum atomic E-state index is -3.04. The summed E-state index contributed by atoms with van der Waals surface area (Å²) < 4.78 is 14.7. The third kappa shape index (κ3) is 3.30. The Morgan fingerprint density at radius 1 is 0.920 bits per heavy atom. The Balaban J connectivity index is 2.25. The second-order valence-electron chi connectivity index (χ2n) is 7.76. The summed E-state index contributed by atoms with van der Waals surface area (Å²) in [5.41, 5.74) is -0.304. The molecule has 0 spiro atoms. The monoisotopic (exact) mass is 355 g/mol. The first-order valence-electron chi connectivity index (χ1n) is 8.85. The summed E-state index contributed by atoms with van der Waals surface area (Å²) in [5.74, 6) is -0.230. The SMILES string of the molecule is CC(C)(C)C(N1CCCC1=O)P(=O)(c1ccccc1)c1ccccc1. The predicted molar refractivity (Wildman–Crippen MR) is 104 cm³/mol. The van der Waals surface area contributed by atoms with Crippen molar-refractivity contribution in [2.75, 3.05) is 6.54 Å². The van der Waals surface area contributed by atoms with Crippen LogP contribution in [0.2, 0.25) is 0 Å². The molecular weight excluding hydrogens is 329 g/mol. The first-order chi connectivity index (χ1) is 11.8. The van der Waals surface area contributed by atoms with E-state index in [0.29, 0.717) is 13.0 Å². The van der Waals surface area contributed by atoms with Crippen molar-refractivity contribution in [1.29, 1.82) is 0 Å². The number of hydrogen-bond donors (Lipinski definition) is 0. The molecule has 4 heteroatoms. The first kappa shape index (κ1) is 17.9. The standard InChI is InChI=1S/C21H26NO2P/c1-21(2,3)20(22-16-10-15-19(22)23)25(24,17-11-6-4-7-12-17)18-13-8-5-9-14-18/h4-9,11-14,20H,10,15-16H2,1-3H3. The summed E-state index contributed by atoms with van der Waals surface area (Å²) in [6, 6.07) is 19.3. The molecule has 25 heavy (non-hydrogen) atoms. The zero-order chi connectivity index (χ0) is 18.1. The van der Waals surface area contributed by atoms with Crippen LogP contribution in [0.4, 0.5) is 0 Å². The van der Waals surface area contributed by atoms with E-state index in [1.807, 2.05) is 65.6 Å². The number of amides is 1. The predicted octanol–water partition coefficient (Wildman–Crippen LogP) is 4.00. The molecule has 1 saturated heterocycles. The van der Waals surface area contributed by atoms with Gasteiger partial charge in [-0.3, -0.25) is 4.79 Å². The molecule has 1 amide bonds. The van der Waals surface area contributed by atoms with Crippen molar-refractivity contribution >= 4 is 23.7 Å². The van der Waals surface area contributed by atoms with Crippen LogP contribution in [0.25, 0.3) is 0 Å². The van der Waals surface area contributed by atoms with Crippen LogP contribution in [0.5, 0.6) is 0 Å². The molecule has 3 rings (SSSR count). The van der Waals surface area contributed by atoms with Crippen LogP contribution < -0.4 is 10.6 Å². The van der Waals surface area contributed by atoms with Gasteiger partial charge in [-0.15, -0.1) is 0 Å². The van der Waals surface area contributed by atoms with E-state index in [0.717, 1.165) is 17.0 Å². The molecule has 0 saturated carbocycles. The summed E-state index contributed by atoms with van der Waals surface area (Å²) in [6.07, 6.45) is 1.39. The van der Waals surface area contributed by atoms with Crippen LogP contribution in [0, 0.1) is 5.41 Å². The molecule has 3 nitrogen and oxygen atoms in total. The molecule has 0 radical (unpaired) electrons. The second-order valence-corrected chi connectivity index (χ2v) is 10.6. The Bertz CT molecular complexity index is 737. The van der Waals surface area contributed by atoms with Crippen molar-refractivity contribution in [2.45, 2.75) is 39.4 Å². The van der Waals surface area contributed by atoms with Crippen molar-refractivity contribution < 1.29 is 9.36 Å². The molecule has 1 aliphatic rings. The van der Waals surface area contributed by atoms with E-state index in [1.54, 1.807) is 0 Å². The highest BCUT2D eigenvalue weighted by atomic mass is 31.2. The van der Waals surface area contributed by atoms with Crippen LogP contribution in [0.3, 0.4) is 0 Å². The van der Waals surface area contributed by atoms with Crippen molar-refractivity contribution in [3.05, 3.63) is 60.7 Å². The van der Waals surface area contributed by atoms with Crippen molar-refractivity contribution in [3.63, 3.8) is 0 Å². The third-order valence-corrected chi connectivity index (χ3v) is 8.68. The number of nitrogens with zero attached hydrogens (tertiary/aromatic N) is 1. The topological polar surface area (TPSA) is 37.4 Å². The molecule has 0 N–H and O–H groups in total. The van der Waals surface area contributed by atoms with E-state index in [-0.39, 0.29) is 17.1 Å². The maximum Gasteiger partial charge on any atom is 0.223 e. The number of hydrogen-bond acceptors (Lipinski definition) is 2. The summed E-state index contributed by atoms with van der Waals surface area (Å²) in [6.45, 7) is 6.94. The van der Waals surface area contributed by atoms with E-state index >= 15 is 0 Å². The minimum absolute atomic E-state index is 0.118. The maximum atomic E-state index is 14.7. The molecule has 2 aromatic carbocycles. The Hall–Kier alpha value is -1.86. The second kappa shape index (κ2) is 6.80. The van der Waals surface area contributed by atoms with Crippen molar-refractivity contribution in [3.8, 4) is 0 Å². The summed E-state index contributed by atoms with van der Waals surface area (Å²) in [4.78, 5) is 14.5. The molecule has 0 aromatic heterocycles. The molecule has 1 atom stereocenters. The van der Waals surface area contributed by atoms with Crippen LogP contribution in [-0.2, 0) is 9.36 Å². The Morgan fingerprint density at radius 3 is 1.76 bits per heavy atom. The van der Waals surface area contributed by atoms with Gasteiger partial charge in [0.1, 0.15) is 0 Å². The fraction of sp³-hybridized carbons (Fsp3) is 0.381. The summed E-state index contributed by atoms with van der Waals surface area (Å²) >= 11 is 0. The minimum Gasteiger partial charge on any atom is -0.332 e. The van der Waals surface area contributed by atoms with Gasteiger partial charge < -0.3 is 9.46 Å². The molecule has 0 aliphatic carbocycles. The highest BCUT2D eigenvalue weighted by molar-refractivity contribution is 7.79. The lowest BCUT2D eigenvalue weighted by Crippen LogP contribution is -2.48. The van der Waals surface area contributed by atoms with E-state index < -0.39 is 7.14 Å². The normalized spacial score (nSPS) is 16.9. The lowest BCUT2D eigenvalue weighted by Gasteiger charge is -2.43. The number of carbonyl (C=O) groups is 1. The molecule has 0 bridgehead atoms. The summed E-state index contributed by atoms with van der Waals surface area (Å²) in [5, 5.41) is 1.64. The lowest BCUT2D eigenvalue weighted by molar-refractivity contribution is -0.129.